The number of aromatic nitrogens is 2. The third kappa shape index (κ3) is 5.65. The lowest BCUT2D eigenvalue weighted by Gasteiger charge is -2.25. The van der Waals surface area contributed by atoms with Crippen LogP contribution in [0.5, 0.6) is 0 Å². The fourth-order valence-corrected chi connectivity index (χ4v) is 4.96. The van der Waals surface area contributed by atoms with E-state index in [1.807, 2.05) is 37.5 Å². The second-order valence-electron chi connectivity index (χ2n) is 11.1. The quantitative estimate of drug-likeness (QED) is 0.209. The van der Waals surface area contributed by atoms with E-state index >= 15 is 0 Å². The smallest absolute Gasteiger partial charge is 0.414 e. The van der Waals surface area contributed by atoms with Crippen molar-refractivity contribution in [2.24, 2.45) is 0 Å². The van der Waals surface area contributed by atoms with Crippen LogP contribution in [0.25, 0.3) is 22.2 Å². The van der Waals surface area contributed by atoms with Crippen molar-refractivity contribution >= 4 is 42.5 Å². The van der Waals surface area contributed by atoms with Gasteiger partial charge >= 0.3 is 6.09 Å². The molecular formula is C26H34ClN3O3Si. The molecule has 1 aliphatic heterocycles. The van der Waals surface area contributed by atoms with E-state index in [1.165, 1.54) is 0 Å². The zero-order valence-corrected chi connectivity index (χ0v) is 22.7. The third-order valence-corrected chi connectivity index (χ3v) is 7.74. The number of benzene rings is 1. The minimum atomic E-state index is -1.16. The second-order valence-corrected chi connectivity index (χ2v) is 17.1. The summed E-state index contributed by atoms with van der Waals surface area (Å²) >= 11 is 6.23. The fraction of sp³-hybridized carbons (Fsp3) is 0.462. The number of anilines is 1. The van der Waals surface area contributed by atoms with Gasteiger partial charge in [-0.2, -0.15) is 0 Å². The largest absolute Gasteiger partial charge is 0.443 e. The monoisotopic (exact) mass is 499 g/mol. The molecule has 0 saturated carbocycles. The van der Waals surface area contributed by atoms with Gasteiger partial charge in [0.25, 0.3) is 0 Å². The van der Waals surface area contributed by atoms with Gasteiger partial charge in [-0.3, -0.25) is 4.90 Å². The van der Waals surface area contributed by atoms with Crippen LogP contribution in [-0.4, -0.2) is 42.5 Å². The first-order valence-electron chi connectivity index (χ1n) is 11.8. The molecule has 8 heteroatoms. The van der Waals surface area contributed by atoms with Crippen molar-refractivity contribution < 1.29 is 14.3 Å². The van der Waals surface area contributed by atoms with Crippen LogP contribution in [0, 0.1) is 0 Å². The maximum atomic E-state index is 12.8. The molecule has 0 saturated heterocycles. The number of hydrogen-bond acceptors (Lipinski definition) is 4. The second kappa shape index (κ2) is 9.36. The summed E-state index contributed by atoms with van der Waals surface area (Å²) in [5.74, 6) is 0. The first kappa shape index (κ1) is 24.8. The Balaban J connectivity index is 1.65. The highest BCUT2D eigenvalue weighted by Gasteiger charge is 2.29. The Labute approximate surface area is 207 Å². The molecule has 0 N–H and O–H groups in total. The summed E-state index contributed by atoms with van der Waals surface area (Å²) < 4.78 is 13.7. The van der Waals surface area contributed by atoms with Crippen molar-refractivity contribution in [3.63, 3.8) is 0 Å². The van der Waals surface area contributed by atoms with Gasteiger partial charge in [0, 0.05) is 38.4 Å². The van der Waals surface area contributed by atoms with Crippen LogP contribution in [0.2, 0.25) is 30.8 Å². The number of carbonyl (C=O) groups is 1. The minimum absolute atomic E-state index is 0.310. The summed E-state index contributed by atoms with van der Waals surface area (Å²) in [6, 6.07) is 11.2. The van der Waals surface area contributed by atoms with Crippen molar-refractivity contribution in [1.82, 2.24) is 9.55 Å². The summed E-state index contributed by atoms with van der Waals surface area (Å²) in [5, 5.41) is 1.45. The number of hydrogen-bond donors (Lipinski definition) is 0. The number of nitrogens with zero attached hydrogens (tertiary/aromatic N) is 3. The lowest BCUT2D eigenvalue weighted by atomic mass is 10.0. The van der Waals surface area contributed by atoms with Crippen LogP contribution in [-0.2, 0) is 22.6 Å². The number of rotatable bonds is 6. The molecular weight excluding hydrogens is 466 g/mol. The number of carbonyl (C=O) groups excluding carboxylic acids is 1. The average molecular weight is 500 g/mol. The number of fused-ring (bicyclic) bond motifs is 2. The molecule has 3 heterocycles. The summed E-state index contributed by atoms with van der Waals surface area (Å²) in [5.41, 5.74) is 4.36. The highest BCUT2D eigenvalue weighted by Crippen LogP contribution is 2.37. The van der Waals surface area contributed by atoms with E-state index in [-0.39, 0.29) is 6.09 Å². The predicted molar refractivity (Wildman–Crippen MR) is 142 cm³/mol. The average Bonchev–Trinajstić information content (AvgIpc) is 3.30. The number of ether oxygens (including phenoxy) is 2. The number of halogens is 1. The molecule has 0 radical (unpaired) electrons. The van der Waals surface area contributed by atoms with Gasteiger partial charge in [0.05, 0.1) is 5.69 Å². The zero-order chi connectivity index (χ0) is 24.7. The van der Waals surface area contributed by atoms with Crippen molar-refractivity contribution in [2.75, 3.05) is 18.1 Å². The van der Waals surface area contributed by atoms with Gasteiger partial charge in [0.15, 0.2) is 0 Å². The summed E-state index contributed by atoms with van der Waals surface area (Å²) in [6.45, 7) is 14.5. The van der Waals surface area contributed by atoms with Crippen molar-refractivity contribution in [1.29, 1.82) is 0 Å². The molecule has 3 aromatic rings. The van der Waals surface area contributed by atoms with Crippen LogP contribution < -0.4 is 4.90 Å². The van der Waals surface area contributed by atoms with E-state index in [0.29, 0.717) is 18.4 Å². The molecule has 6 nitrogen and oxygen atoms in total. The van der Waals surface area contributed by atoms with Crippen LogP contribution in [0.15, 0.2) is 36.5 Å². The van der Waals surface area contributed by atoms with Crippen LogP contribution in [0.3, 0.4) is 0 Å². The molecule has 0 fully saturated rings. The van der Waals surface area contributed by atoms with Crippen LogP contribution in [0.4, 0.5) is 10.5 Å². The molecule has 0 bridgehead atoms. The molecule has 0 unspecified atom stereocenters. The molecule has 1 amide bonds. The fourth-order valence-electron chi connectivity index (χ4n) is 4.06. The molecule has 0 spiro atoms. The van der Waals surface area contributed by atoms with E-state index in [0.717, 1.165) is 52.5 Å². The van der Waals surface area contributed by atoms with E-state index in [9.17, 15) is 4.79 Å². The Hall–Kier alpha value is -2.35. The SMILES string of the molecule is CC(C)(C)OC(=O)N1CCc2ccc(-c3cn(COCC[Si](C)(C)C)c4nc(Cl)ccc34)cc21. The van der Waals surface area contributed by atoms with Gasteiger partial charge in [-0.25, -0.2) is 9.78 Å². The van der Waals surface area contributed by atoms with Crippen molar-refractivity contribution in [3.8, 4) is 11.1 Å². The normalized spacial score (nSPS) is 14.0. The maximum Gasteiger partial charge on any atom is 0.414 e. The highest BCUT2D eigenvalue weighted by molar-refractivity contribution is 6.76. The molecule has 0 atom stereocenters. The Morgan fingerprint density at radius 3 is 2.65 bits per heavy atom. The standard InChI is InChI=1S/C26H34ClN3O3Si/c1-26(2,3)33-25(31)30-12-11-18-7-8-19(15-22(18)30)21-16-29(17-32-13-14-34(4,5)6)24-20(21)9-10-23(27)28-24/h7-10,15-16H,11-14,17H2,1-6H3. The van der Waals surface area contributed by atoms with Gasteiger partial charge < -0.3 is 14.0 Å². The Morgan fingerprint density at radius 2 is 1.94 bits per heavy atom. The lowest BCUT2D eigenvalue weighted by Crippen LogP contribution is -2.35. The minimum Gasteiger partial charge on any atom is -0.443 e. The number of pyridine rings is 1. The van der Waals surface area contributed by atoms with E-state index in [2.05, 4.69) is 49.0 Å². The Morgan fingerprint density at radius 1 is 1.18 bits per heavy atom. The van der Waals surface area contributed by atoms with Gasteiger partial charge in [-0.05, 0) is 62.6 Å². The molecule has 0 aliphatic carbocycles. The summed E-state index contributed by atoms with van der Waals surface area (Å²) in [4.78, 5) is 19.1. The van der Waals surface area contributed by atoms with Crippen LogP contribution in [0.1, 0.15) is 26.3 Å². The molecule has 4 rings (SSSR count). The molecule has 34 heavy (non-hydrogen) atoms. The molecule has 2 aromatic heterocycles. The topological polar surface area (TPSA) is 56.6 Å². The summed E-state index contributed by atoms with van der Waals surface area (Å²) in [6.07, 6.45) is 2.57. The maximum absolute atomic E-state index is 12.8. The Bertz CT molecular complexity index is 1210. The van der Waals surface area contributed by atoms with Crippen molar-refractivity contribution in [2.45, 2.75) is 65.2 Å². The summed E-state index contributed by atoms with van der Waals surface area (Å²) in [7, 11) is -1.16. The van der Waals surface area contributed by atoms with Gasteiger partial charge in [-0.1, -0.05) is 43.4 Å². The van der Waals surface area contributed by atoms with E-state index in [1.54, 1.807) is 4.90 Å². The zero-order valence-electron chi connectivity index (χ0n) is 20.9. The molecule has 182 valence electrons. The first-order chi connectivity index (χ1) is 15.9. The highest BCUT2D eigenvalue weighted by atomic mass is 35.5. The van der Waals surface area contributed by atoms with E-state index < -0.39 is 13.7 Å². The van der Waals surface area contributed by atoms with Gasteiger partial charge in [-0.15, -0.1) is 0 Å². The van der Waals surface area contributed by atoms with Gasteiger partial charge in [0.1, 0.15) is 23.1 Å². The lowest BCUT2D eigenvalue weighted by molar-refractivity contribution is 0.0584. The van der Waals surface area contributed by atoms with Crippen molar-refractivity contribution in [3.05, 3.63) is 47.2 Å². The Kier molecular flexibility index (Phi) is 6.82. The first-order valence-corrected chi connectivity index (χ1v) is 15.9. The predicted octanol–water partition coefficient (Wildman–Crippen LogP) is 6.97. The molecule has 1 aromatic carbocycles. The van der Waals surface area contributed by atoms with Crippen LogP contribution >= 0.6 is 11.6 Å². The van der Waals surface area contributed by atoms with Gasteiger partial charge in [0.2, 0.25) is 0 Å². The molecule has 1 aliphatic rings. The third-order valence-electron chi connectivity index (χ3n) is 5.82. The number of amides is 1. The van der Waals surface area contributed by atoms with E-state index in [4.69, 9.17) is 21.1 Å².